The first-order valence-corrected chi connectivity index (χ1v) is 21.6. The van der Waals surface area contributed by atoms with E-state index in [-0.39, 0.29) is 0 Å². The van der Waals surface area contributed by atoms with Crippen LogP contribution in [0.2, 0.25) is 0 Å². The Morgan fingerprint density at radius 3 is 1.39 bits per heavy atom. The molecular formula is C61H37N3. The molecule has 0 bridgehead atoms. The number of hydrogen-bond acceptors (Lipinski definition) is 2. The average molecular weight is 812 g/mol. The summed E-state index contributed by atoms with van der Waals surface area (Å²) in [7, 11) is 0. The van der Waals surface area contributed by atoms with Gasteiger partial charge < -0.3 is 0 Å². The Labute approximate surface area is 371 Å². The molecule has 11 aromatic carbocycles. The zero-order valence-corrected chi connectivity index (χ0v) is 34.7. The van der Waals surface area contributed by atoms with Crippen LogP contribution in [0.3, 0.4) is 0 Å². The Kier molecular flexibility index (Phi) is 8.88. The fourth-order valence-electron chi connectivity index (χ4n) is 9.64. The first kappa shape index (κ1) is 37.1. The van der Waals surface area contributed by atoms with Gasteiger partial charge in [0.25, 0.3) is 0 Å². The highest BCUT2D eigenvalue weighted by molar-refractivity contribution is 6.15. The minimum Gasteiger partial charge on any atom is -0.238 e. The Hall–Kier alpha value is -8.71. The Balaban J connectivity index is 0.921. The van der Waals surface area contributed by atoms with E-state index in [4.69, 9.17) is 16.5 Å². The molecule has 0 aliphatic rings. The molecule has 1 aromatic heterocycles. The van der Waals surface area contributed by atoms with Crippen LogP contribution in [-0.4, -0.2) is 9.97 Å². The molecule has 0 atom stereocenters. The van der Waals surface area contributed by atoms with Crippen LogP contribution in [0.25, 0.3) is 126 Å². The summed E-state index contributed by atoms with van der Waals surface area (Å²) in [5.74, 6) is 0.694. The number of hydrogen-bond donors (Lipinski definition) is 0. The molecule has 0 unspecified atom stereocenters. The van der Waals surface area contributed by atoms with Crippen molar-refractivity contribution in [2.45, 2.75) is 0 Å². The second-order valence-electron chi connectivity index (χ2n) is 16.3. The van der Waals surface area contributed by atoms with E-state index in [2.05, 4.69) is 199 Å². The molecule has 0 amide bonds. The largest absolute Gasteiger partial charge is 0.238 e. The summed E-state index contributed by atoms with van der Waals surface area (Å²) in [4.78, 5) is 14.0. The van der Waals surface area contributed by atoms with Gasteiger partial charge in [-0.25, -0.2) is 14.8 Å². The van der Waals surface area contributed by atoms with E-state index in [9.17, 15) is 0 Å². The summed E-state index contributed by atoms with van der Waals surface area (Å²) in [5, 5.41) is 10.8. The van der Waals surface area contributed by atoms with E-state index in [0.717, 1.165) is 50.0 Å². The Bertz CT molecular complexity index is 3840. The maximum atomic E-state index is 7.39. The SMILES string of the molecule is [C-]#[N+]c1ccc(-c2ccc(-c3ccc(-c4ccc(-c5nc(-c6cccc(-c7cc8ccccc8c8ccccc78)c6)c6ccccc6n5)cc4)c4ccccc34)c3ccccc23)cc1. The second kappa shape index (κ2) is 15.3. The third-order valence-corrected chi connectivity index (χ3v) is 12.7. The van der Waals surface area contributed by atoms with Crippen LogP contribution in [-0.2, 0) is 0 Å². The second-order valence-corrected chi connectivity index (χ2v) is 16.3. The summed E-state index contributed by atoms with van der Waals surface area (Å²) in [6.45, 7) is 7.39. The fraction of sp³-hybridized carbons (Fsp3) is 0. The topological polar surface area (TPSA) is 30.1 Å². The van der Waals surface area contributed by atoms with Gasteiger partial charge in [-0.15, -0.1) is 0 Å². The lowest BCUT2D eigenvalue weighted by Crippen LogP contribution is -1.95. The van der Waals surface area contributed by atoms with Gasteiger partial charge in [-0.05, 0) is 106 Å². The van der Waals surface area contributed by atoms with E-state index in [1.54, 1.807) is 0 Å². The third-order valence-electron chi connectivity index (χ3n) is 12.7. The molecule has 0 spiro atoms. The van der Waals surface area contributed by atoms with Gasteiger partial charge in [-0.3, -0.25) is 0 Å². The standard InChI is InChI=1S/C61H37N3/c1-62-45-31-29-40(30-32-45)48-34-36-56(53-21-8-5-19-51(48)53)55-35-33-47(50-18-4-7-20-52(50)55)39-25-27-41(28-26-39)61-63-59-24-11-10-23-57(59)60(64-61)44-15-12-14-42(37-44)58-38-43-13-2-3-16-46(43)49-17-6-9-22-54(49)58/h2-38H. The molecule has 3 heteroatoms. The molecule has 0 aliphatic carbocycles. The number of benzene rings is 11. The van der Waals surface area contributed by atoms with Crippen LogP contribution >= 0.6 is 0 Å². The van der Waals surface area contributed by atoms with Crippen molar-refractivity contribution in [1.29, 1.82) is 0 Å². The smallest absolute Gasteiger partial charge is 0.187 e. The minimum absolute atomic E-state index is 0.645. The van der Waals surface area contributed by atoms with Gasteiger partial charge in [0.05, 0.1) is 17.8 Å². The van der Waals surface area contributed by atoms with Gasteiger partial charge in [0.15, 0.2) is 11.5 Å². The molecule has 0 saturated carbocycles. The third kappa shape index (κ3) is 6.28. The monoisotopic (exact) mass is 811 g/mol. The summed E-state index contributed by atoms with van der Waals surface area (Å²) in [5.41, 5.74) is 13.8. The predicted octanol–water partition coefficient (Wildman–Crippen LogP) is 16.8. The zero-order chi connectivity index (χ0) is 42.6. The number of fused-ring (bicyclic) bond motifs is 6. The molecule has 12 rings (SSSR count). The maximum absolute atomic E-state index is 7.39. The van der Waals surface area contributed by atoms with Crippen molar-refractivity contribution in [3.63, 3.8) is 0 Å². The van der Waals surface area contributed by atoms with Gasteiger partial charge in [-0.1, -0.05) is 206 Å². The summed E-state index contributed by atoms with van der Waals surface area (Å²) in [6, 6.07) is 79.7. The summed E-state index contributed by atoms with van der Waals surface area (Å²) >= 11 is 0. The van der Waals surface area contributed by atoms with Crippen molar-refractivity contribution in [2.75, 3.05) is 0 Å². The molecule has 0 aliphatic heterocycles. The van der Waals surface area contributed by atoms with Crippen LogP contribution in [0.1, 0.15) is 0 Å². The lowest BCUT2D eigenvalue weighted by Gasteiger charge is -2.16. The molecule has 0 N–H and O–H groups in total. The van der Waals surface area contributed by atoms with E-state index in [1.807, 2.05) is 30.3 Å². The first-order valence-electron chi connectivity index (χ1n) is 21.6. The van der Waals surface area contributed by atoms with Crippen LogP contribution in [0.5, 0.6) is 0 Å². The number of para-hydroxylation sites is 1. The van der Waals surface area contributed by atoms with E-state index < -0.39 is 0 Å². The maximum Gasteiger partial charge on any atom is 0.187 e. The lowest BCUT2D eigenvalue weighted by atomic mass is 9.88. The van der Waals surface area contributed by atoms with Gasteiger partial charge >= 0.3 is 0 Å². The van der Waals surface area contributed by atoms with E-state index in [0.29, 0.717) is 11.5 Å². The Morgan fingerprint density at radius 1 is 0.297 bits per heavy atom. The fourth-order valence-corrected chi connectivity index (χ4v) is 9.64. The van der Waals surface area contributed by atoms with Crippen LogP contribution in [0.15, 0.2) is 224 Å². The molecule has 1 heterocycles. The highest BCUT2D eigenvalue weighted by Crippen LogP contribution is 2.42. The molecule has 64 heavy (non-hydrogen) atoms. The van der Waals surface area contributed by atoms with Crippen molar-refractivity contribution >= 4 is 59.7 Å². The molecule has 3 nitrogen and oxygen atoms in total. The summed E-state index contributed by atoms with van der Waals surface area (Å²) < 4.78 is 0. The van der Waals surface area contributed by atoms with Crippen molar-refractivity contribution < 1.29 is 0 Å². The first-order chi connectivity index (χ1) is 31.7. The van der Waals surface area contributed by atoms with Gasteiger partial charge in [0, 0.05) is 16.5 Å². The molecule has 0 fully saturated rings. The average Bonchev–Trinajstić information content (AvgIpc) is 3.37. The van der Waals surface area contributed by atoms with Crippen LogP contribution in [0, 0.1) is 6.57 Å². The van der Waals surface area contributed by atoms with Crippen molar-refractivity contribution in [3.05, 3.63) is 236 Å². The van der Waals surface area contributed by atoms with Crippen molar-refractivity contribution in [1.82, 2.24) is 9.97 Å². The van der Waals surface area contributed by atoms with Crippen molar-refractivity contribution in [3.8, 4) is 67.2 Å². The highest BCUT2D eigenvalue weighted by Gasteiger charge is 2.17. The van der Waals surface area contributed by atoms with E-state index >= 15 is 0 Å². The molecule has 12 aromatic rings. The highest BCUT2D eigenvalue weighted by atomic mass is 14.9. The number of nitrogens with zero attached hydrogens (tertiary/aromatic N) is 3. The number of rotatable bonds is 6. The van der Waals surface area contributed by atoms with Crippen molar-refractivity contribution in [2.24, 2.45) is 0 Å². The summed E-state index contributed by atoms with van der Waals surface area (Å²) in [6.07, 6.45) is 0. The van der Waals surface area contributed by atoms with Gasteiger partial charge in [0.1, 0.15) is 0 Å². The molecule has 0 radical (unpaired) electrons. The van der Waals surface area contributed by atoms with Gasteiger partial charge in [0.2, 0.25) is 0 Å². The molecule has 0 saturated heterocycles. The zero-order valence-electron chi connectivity index (χ0n) is 34.7. The quantitative estimate of drug-likeness (QED) is 0.124. The van der Waals surface area contributed by atoms with Crippen LogP contribution in [0.4, 0.5) is 5.69 Å². The minimum atomic E-state index is 0.645. The molecule has 296 valence electrons. The van der Waals surface area contributed by atoms with Gasteiger partial charge in [-0.2, -0.15) is 0 Å². The Morgan fingerprint density at radius 2 is 0.766 bits per heavy atom. The molecular weight excluding hydrogens is 775 g/mol. The predicted molar refractivity (Wildman–Crippen MR) is 268 cm³/mol. The normalized spacial score (nSPS) is 11.4. The van der Waals surface area contributed by atoms with Crippen LogP contribution < -0.4 is 0 Å². The lowest BCUT2D eigenvalue weighted by molar-refractivity contribution is 1.23. The van der Waals surface area contributed by atoms with E-state index in [1.165, 1.54) is 65.3 Å². The number of aromatic nitrogens is 2.